The zero-order valence-electron chi connectivity index (χ0n) is 9.07. The van der Waals surface area contributed by atoms with Crippen LogP contribution in [0.5, 0.6) is 0 Å². The van der Waals surface area contributed by atoms with Crippen molar-refractivity contribution in [3.8, 4) is 0 Å². The molecule has 1 unspecified atom stereocenters. The molecule has 15 heavy (non-hydrogen) atoms. The van der Waals surface area contributed by atoms with E-state index in [-0.39, 0.29) is 0 Å². The number of nitrogens with two attached hydrogens (primary N) is 1. The number of hydrazine groups is 1. The van der Waals surface area contributed by atoms with Crippen molar-refractivity contribution in [1.29, 1.82) is 0 Å². The summed E-state index contributed by atoms with van der Waals surface area (Å²) in [4.78, 5) is 7.97. The molecule has 5 heteroatoms. The fraction of sp³-hybridized carbons (Fsp3) is 0.700. The van der Waals surface area contributed by atoms with Crippen LogP contribution >= 0.6 is 11.3 Å². The van der Waals surface area contributed by atoms with Crippen molar-refractivity contribution < 1.29 is 0 Å². The van der Waals surface area contributed by atoms with Crippen LogP contribution in [-0.2, 0) is 6.54 Å². The average Bonchev–Trinajstić information content (AvgIpc) is 2.65. The molecule has 2 rings (SSSR count). The van der Waals surface area contributed by atoms with Gasteiger partial charge in [-0.15, -0.1) is 0 Å². The predicted octanol–water partition coefficient (Wildman–Crippen LogP) is 1.66. The first kappa shape index (κ1) is 10.9. The van der Waals surface area contributed by atoms with E-state index < -0.39 is 0 Å². The van der Waals surface area contributed by atoms with Gasteiger partial charge in [0.25, 0.3) is 0 Å². The van der Waals surface area contributed by atoms with Crippen LogP contribution in [0.25, 0.3) is 0 Å². The predicted molar refractivity (Wildman–Crippen MR) is 63.6 cm³/mol. The van der Waals surface area contributed by atoms with E-state index in [2.05, 4.69) is 22.2 Å². The lowest BCUT2D eigenvalue weighted by Gasteiger charge is -2.30. The molecule has 1 aliphatic heterocycles. The second-order valence-electron chi connectivity index (χ2n) is 4.26. The summed E-state index contributed by atoms with van der Waals surface area (Å²) in [5.41, 5.74) is 2.58. The Labute approximate surface area is 94.5 Å². The van der Waals surface area contributed by atoms with E-state index in [1.54, 1.807) is 11.3 Å². The Bertz CT molecular complexity index is 312. The summed E-state index contributed by atoms with van der Waals surface area (Å²) in [6, 6.07) is 0. The van der Waals surface area contributed by atoms with Gasteiger partial charge in [-0.05, 0) is 25.3 Å². The molecule has 4 nitrogen and oxygen atoms in total. The summed E-state index contributed by atoms with van der Waals surface area (Å²) < 4.78 is 0. The van der Waals surface area contributed by atoms with Gasteiger partial charge in [-0.1, -0.05) is 18.3 Å². The standard InChI is InChI=1S/C10H18N4S/c1-8-3-2-4-14(6-8)7-9-5-12-10(13-11)15-9/h5,8H,2-4,6-7,11H2,1H3,(H,12,13). The number of likely N-dealkylation sites (tertiary alicyclic amines) is 1. The molecule has 84 valence electrons. The van der Waals surface area contributed by atoms with Crippen LogP contribution in [0, 0.1) is 5.92 Å². The van der Waals surface area contributed by atoms with Crippen molar-refractivity contribution in [3.63, 3.8) is 0 Å². The number of rotatable bonds is 3. The summed E-state index contributed by atoms with van der Waals surface area (Å²) in [5, 5.41) is 0.801. The number of hydrogen-bond donors (Lipinski definition) is 2. The molecular formula is C10H18N4S. The highest BCUT2D eigenvalue weighted by atomic mass is 32.1. The maximum absolute atomic E-state index is 5.30. The fourth-order valence-corrected chi connectivity index (χ4v) is 2.86. The minimum Gasteiger partial charge on any atom is -0.300 e. The zero-order chi connectivity index (χ0) is 10.7. The molecule has 1 aromatic rings. The fourth-order valence-electron chi connectivity index (χ4n) is 2.10. The minimum absolute atomic E-state index is 0.801. The van der Waals surface area contributed by atoms with Crippen LogP contribution in [0.2, 0.25) is 0 Å². The van der Waals surface area contributed by atoms with Gasteiger partial charge in [-0.2, -0.15) is 0 Å². The normalized spacial score (nSPS) is 22.9. The smallest absolute Gasteiger partial charge is 0.197 e. The summed E-state index contributed by atoms with van der Waals surface area (Å²) in [7, 11) is 0. The number of anilines is 1. The molecule has 0 aromatic carbocycles. The number of hydrogen-bond acceptors (Lipinski definition) is 5. The number of piperidine rings is 1. The summed E-state index contributed by atoms with van der Waals surface area (Å²) in [5.74, 6) is 6.13. The van der Waals surface area contributed by atoms with Crippen LogP contribution < -0.4 is 11.3 Å². The van der Waals surface area contributed by atoms with Gasteiger partial charge in [0, 0.05) is 24.2 Å². The van der Waals surface area contributed by atoms with Gasteiger partial charge in [0.05, 0.1) is 0 Å². The van der Waals surface area contributed by atoms with Crippen molar-refractivity contribution in [2.24, 2.45) is 11.8 Å². The first-order chi connectivity index (χ1) is 7.28. The minimum atomic E-state index is 0.801. The summed E-state index contributed by atoms with van der Waals surface area (Å²) >= 11 is 1.64. The monoisotopic (exact) mass is 226 g/mol. The van der Waals surface area contributed by atoms with Crippen molar-refractivity contribution in [2.75, 3.05) is 18.5 Å². The van der Waals surface area contributed by atoms with Gasteiger partial charge in [-0.25, -0.2) is 10.8 Å². The molecule has 1 atom stereocenters. The number of thiazole rings is 1. The molecule has 0 bridgehead atoms. The van der Waals surface area contributed by atoms with Crippen molar-refractivity contribution in [1.82, 2.24) is 9.88 Å². The SMILES string of the molecule is CC1CCCN(Cc2cnc(NN)s2)C1. The molecule has 1 aromatic heterocycles. The third-order valence-electron chi connectivity index (χ3n) is 2.80. The van der Waals surface area contributed by atoms with Gasteiger partial charge >= 0.3 is 0 Å². The van der Waals surface area contributed by atoms with E-state index in [1.165, 1.54) is 30.8 Å². The quantitative estimate of drug-likeness (QED) is 0.608. The van der Waals surface area contributed by atoms with Crippen LogP contribution in [-0.4, -0.2) is 23.0 Å². The van der Waals surface area contributed by atoms with E-state index in [1.807, 2.05) is 6.20 Å². The largest absolute Gasteiger partial charge is 0.300 e. The lowest BCUT2D eigenvalue weighted by molar-refractivity contribution is 0.178. The van der Waals surface area contributed by atoms with Gasteiger partial charge in [0.1, 0.15) is 0 Å². The first-order valence-electron chi connectivity index (χ1n) is 5.41. The summed E-state index contributed by atoms with van der Waals surface area (Å²) in [6.07, 6.45) is 4.61. The maximum Gasteiger partial charge on any atom is 0.197 e. The second kappa shape index (κ2) is 4.92. The van der Waals surface area contributed by atoms with E-state index in [9.17, 15) is 0 Å². The Kier molecular flexibility index (Phi) is 3.56. The van der Waals surface area contributed by atoms with E-state index >= 15 is 0 Å². The van der Waals surface area contributed by atoms with Crippen molar-refractivity contribution in [2.45, 2.75) is 26.3 Å². The third-order valence-corrected chi connectivity index (χ3v) is 3.71. The van der Waals surface area contributed by atoms with E-state index in [4.69, 9.17) is 5.84 Å². The average molecular weight is 226 g/mol. The number of nitrogens with zero attached hydrogens (tertiary/aromatic N) is 2. The molecule has 1 saturated heterocycles. The van der Waals surface area contributed by atoms with Gasteiger partial charge in [0.2, 0.25) is 0 Å². The Balaban J connectivity index is 1.90. The van der Waals surface area contributed by atoms with Crippen LogP contribution in [0.4, 0.5) is 5.13 Å². The lowest BCUT2D eigenvalue weighted by Crippen LogP contribution is -2.33. The molecule has 0 saturated carbocycles. The molecule has 0 aliphatic carbocycles. The highest BCUT2D eigenvalue weighted by Crippen LogP contribution is 2.22. The number of nitrogen functional groups attached to an aromatic ring is 1. The highest BCUT2D eigenvalue weighted by molar-refractivity contribution is 7.15. The summed E-state index contributed by atoms with van der Waals surface area (Å²) in [6.45, 7) is 5.77. The van der Waals surface area contributed by atoms with Gasteiger partial charge in [0.15, 0.2) is 5.13 Å². The second-order valence-corrected chi connectivity index (χ2v) is 5.37. The van der Waals surface area contributed by atoms with Gasteiger partial charge < -0.3 is 0 Å². The number of nitrogens with one attached hydrogen (secondary N) is 1. The third kappa shape index (κ3) is 2.90. The Morgan fingerprint density at radius 1 is 1.73 bits per heavy atom. The number of aromatic nitrogens is 1. The van der Waals surface area contributed by atoms with Crippen LogP contribution in [0.15, 0.2) is 6.20 Å². The topological polar surface area (TPSA) is 54.2 Å². The highest BCUT2D eigenvalue weighted by Gasteiger charge is 2.16. The molecule has 3 N–H and O–H groups in total. The van der Waals surface area contributed by atoms with Crippen LogP contribution in [0.1, 0.15) is 24.6 Å². The van der Waals surface area contributed by atoms with Crippen molar-refractivity contribution in [3.05, 3.63) is 11.1 Å². The molecule has 0 amide bonds. The Morgan fingerprint density at radius 3 is 3.27 bits per heavy atom. The molecule has 2 heterocycles. The first-order valence-corrected chi connectivity index (χ1v) is 6.23. The van der Waals surface area contributed by atoms with Gasteiger partial charge in [-0.3, -0.25) is 10.3 Å². The molecular weight excluding hydrogens is 208 g/mol. The Hall–Kier alpha value is -0.650. The maximum atomic E-state index is 5.30. The Morgan fingerprint density at radius 2 is 2.60 bits per heavy atom. The molecule has 0 spiro atoms. The van der Waals surface area contributed by atoms with E-state index in [0.29, 0.717) is 0 Å². The lowest BCUT2D eigenvalue weighted by atomic mass is 10.0. The zero-order valence-corrected chi connectivity index (χ0v) is 9.89. The molecule has 1 fully saturated rings. The van der Waals surface area contributed by atoms with Crippen LogP contribution in [0.3, 0.4) is 0 Å². The van der Waals surface area contributed by atoms with Crippen molar-refractivity contribution >= 4 is 16.5 Å². The van der Waals surface area contributed by atoms with E-state index in [0.717, 1.165) is 17.6 Å². The molecule has 1 aliphatic rings. The molecule has 0 radical (unpaired) electrons.